The van der Waals surface area contributed by atoms with Crippen LogP contribution in [0.3, 0.4) is 0 Å². The van der Waals surface area contributed by atoms with Crippen molar-refractivity contribution < 1.29 is 4.42 Å². The van der Waals surface area contributed by atoms with Gasteiger partial charge in [0.15, 0.2) is 0 Å². The minimum atomic E-state index is 0.647. The van der Waals surface area contributed by atoms with E-state index in [4.69, 9.17) is 4.42 Å². The molecular formula is C11H20N2OS. The van der Waals surface area contributed by atoms with Crippen molar-refractivity contribution in [3.8, 4) is 0 Å². The topological polar surface area (TPSA) is 38.1 Å². The lowest BCUT2D eigenvalue weighted by Crippen LogP contribution is -2.23. The Morgan fingerprint density at radius 3 is 3.00 bits per heavy atom. The highest BCUT2D eigenvalue weighted by Crippen LogP contribution is 2.19. The van der Waals surface area contributed by atoms with Gasteiger partial charge in [0, 0.05) is 5.75 Å². The van der Waals surface area contributed by atoms with Crippen LogP contribution in [0.2, 0.25) is 0 Å². The second kappa shape index (κ2) is 6.90. The summed E-state index contributed by atoms with van der Waals surface area (Å²) in [5.74, 6) is 1.70. The summed E-state index contributed by atoms with van der Waals surface area (Å²) < 4.78 is 5.27. The number of aromatic nitrogens is 1. The highest BCUT2D eigenvalue weighted by molar-refractivity contribution is 7.99. The molecule has 1 N–H and O–H groups in total. The van der Waals surface area contributed by atoms with Crippen LogP contribution in [0.4, 0.5) is 0 Å². The second-order valence-corrected chi connectivity index (χ2v) is 4.85. The van der Waals surface area contributed by atoms with Crippen molar-refractivity contribution >= 4 is 11.8 Å². The van der Waals surface area contributed by atoms with Crippen molar-refractivity contribution in [3.63, 3.8) is 0 Å². The molecule has 0 radical (unpaired) electrons. The van der Waals surface area contributed by atoms with E-state index in [9.17, 15) is 0 Å². The van der Waals surface area contributed by atoms with Gasteiger partial charge in [0.25, 0.3) is 5.22 Å². The predicted molar refractivity (Wildman–Crippen MR) is 64.3 cm³/mol. The van der Waals surface area contributed by atoms with E-state index < -0.39 is 0 Å². The molecule has 1 heterocycles. The molecule has 1 aromatic heterocycles. The molecule has 0 aliphatic carbocycles. The van der Waals surface area contributed by atoms with Gasteiger partial charge in [-0.3, -0.25) is 0 Å². The molecule has 0 aliphatic rings. The largest absolute Gasteiger partial charge is 0.440 e. The Kier molecular flexibility index (Phi) is 5.79. The molecule has 0 saturated heterocycles. The summed E-state index contributed by atoms with van der Waals surface area (Å²) in [7, 11) is 0. The van der Waals surface area contributed by atoms with Crippen LogP contribution in [-0.4, -0.2) is 23.8 Å². The number of aryl methyl sites for hydroxylation is 1. The molecule has 1 rings (SSSR count). The van der Waals surface area contributed by atoms with Gasteiger partial charge in [-0.2, -0.15) is 0 Å². The van der Waals surface area contributed by atoms with Crippen molar-refractivity contribution in [1.29, 1.82) is 0 Å². The Bertz CT molecular complexity index is 275. The molecular weight excluding hydrogens is 208 g/mol. The zero-order chi connectivity index (χ0) is 11.1. The van der Waals surface area contributed by atoms with Crippen LogP contribution in [-0.2, 0) is 0 Å². The van der Waals surface area contributed by atoms with Crippen molar-refractivity contribution in [2.45, 2.75) is 32.4 Å². The van der Waals surface area contributed by atoms with Gasteiger partial charge in [-0.1, -0.05) is 25.6 Å². The highest BCUT2D eigenvalue weighted by atomic mass is 32.2. The molecule has 0 fully saturated rings. The van der Waals surface area contributed by atoms with Gasteiger partial charge in [0.05, 0.1) is 5.69 Å². The molecule has 1 atom stereocenters. The number of rotatable bonds is 7. The summed E-state index contributed by atoms with van der Waals surface area (Å²) in [5, 5.41) is 4.20. The molecule has 1 unspecified atom stereocenters. The smallest absolute Gasteiger partial charge is 0.255 e. The molecule has 0 bridgehead atoms. The van der Waals surface area contributed by atoms with E-state index in [0.717, 1.165) is 29.8 Å². The maximum absolute atomic E-state index is 5.27. The average Bonchev–Trinajstić information content (AvgIpc) is 2.62. The molecule has 15 heavy (non-hydrogen) atoms. The number of oxazole rings is 1. The van der Waals surface area contributed by atoms with E-state index in [1.807, 2.05) is 6.92 Å². The maximum Gasteiger partial charge on any atom is 0.255 e. The van der Waals surface area contributed by atoms with Crippen LogP contribution in [0.25, 0.3) is 0 Å². The Morgan fingerprint density at radius 1 is 1.60 bits per heavy atom. The zero-order valence-corrected chi connectivity index (χ0v) is 10.6. The third kappa shape index (κ3) is 5.23. The van der Waals surface area contributed by atoms with Crippen LogP contribution < -0.4 is 5.32 Å². The summed E-state index contributed by atoms with van der Waals surface area (Å²) in [4.78, 5) is 4.25. The van der Waals surface area contributed by atoms with Crippen LogP contribution in [0, 0.1) is 12.8 Å². The molecule has 1 aromatic rings. The second-order valence-electron chi connectivity index (χ2n) is 3.88. The standard InChI is InChI=1S/C11H20N2OS/c1-4-5-12-6-9(2)8-15-11-13-10(3)7-14-11/h7,9,12H,4-6,8H2,1-3H3. The van der Waals surface area contributed by atoms with Crippen molar-refractivity contribution in [1.82, 2.24) is 10.3 Å². The fourth-order valence-corrected chi connectivity index (χ4v) is 2.07. The number of thioether (sulfide) groups is 1. The first-order valence-electron chi connectivity index (χ1n) is 5.48. The summed E-state index contributed by atoms with van der Waals surface area (Å²) in [6, 6.07) is 0. The van der Waals surface area contributed by atoms with Gasteiger partial charge in [0.2, 0.25) is 0 Å². The van der Waals surface area contributed by atoms with E-state index >= 15 is 0 Å². The van der Waals surface area contributed by atoms with Crippen molar-refractivity contribution in [3.05, 3.63) is 12.0 Å². The summed E-state index contributed by atoms with van der Waals surface area (Å²) >= 11 is 1.69. The van der Waals surface area contributed by atoms with E-state index in [1.165, 1.54) is 6.42 Å². The normalized spacial score (nSPS) is 13.0. The minimum absolute atomic E-state index is 0.647. The Balaban J connectivity index is 2.13. The summed E-state index contributed by atoms with van der Waals surface area (Å²) in [6.07, 6.45) is 2.89. The summed E-state index contributed by atoms with van der Waals surface area (Å²) in [5.41, 5.74) is 0.953. The molecule has 0 spiro atoms. The number of hydrogen-bond acceptors (Lipinski definition) is 4. The van der Waals surface area contributed by atoms with Crippen molar-refractivity contribution in [2.24, 2.45) is 5.92 Å². The first kappa shape index (κ1) is 12.6. The Morgan fingerprint density at radius 2 is 2.40 bits per heavy atom. The third-order valence-electron chi connectivity index (χ3n) is 2.01. The lowest BCUT2D eigenvalue weighted by Gasteiger charge is -2.10. The number of hydrogen-bond donors (Lipinski definition) is 1. The number of nitrogens with zero attached hydrogens (tertiary/aromatic N) is 1. The Labute approximate surface area is 96.0 Å². The van der Waals surface area contributed by atoms with E-state index in [-0.39, 0.29) is 0 Å². The van der Waals surface area contributed by atoms with E-state index in [1.54, 1.807) is 18.0 Å². The van der Waals surface area contributed by atoms with E-state index in [2.05, 4.69) is 24.1 Å². The fraction of sp³-hybridized carbons (Fsp3) is 0.727. The predicted octanol–water partition coefficient (Wildman–Crippen LogP) is 2.71. The van der Waals surface area contributed by atoms with Gasteiger partial charge in [0.1, 0.15) is 6.26 Å². The van der Waals surface area contributed by atoms with Gasteiger partial charge >= 0.3 is 0 Å². The van der Waals surface area contributed by atoms with Gasteiger partial charge in [-0.25, -0.2) is 4.98 Å². The van der Waals surface area contributed by atoms with Crippen LogP contribution in [0.1, 0.15) is 26.0 Å². The fourth-order valence-electron chi connectivity index (χ4n) is 1.20. The molecule has 3 nitrogen and oxygen atoms in total. The quantitative estimate of drug-likeness (QED) is 0.575. The first-order chi connectivity index (χ1) is 7.22. The first-order valence-corrected chi connectivity index (χ1v) is 6.46. The third-order valence-corrected chi connectivity index (χ3v) is 3.18. The van der Waals surface area contributed by atoms with Crippen molar-refractivity contribution in [2.75, 3.05) is 18.8 Å². The van der Waals surface area contributed by atoms with Gasteiger partial charge in [-0.15, -0.1) is 0 Å². The molecule has 4 heteroatoms. The lowest BCUT2D eigenvalue weighted by molar-refractivity contribution is 0.452. The van der Waals surface area contributed by atoms with Crippen LogP contribution in [0.5, 0.6) is 0 Å². The molecule has 0 aromatic carbocycles. The van der Waals surface area contributed by atoms with Gasteiger partial charge < -0.3 is 9.73 Å². The monoisotopic (exact) mass is 228 g/mol. The van der Waals surface area contributed by atoms with Crippen LogP contribution in [0.15, 0.2) is 15.9 Å². The highest BCUT2D eigenvalue weighted by Gasteiger charge is 2.06. The molecule has 0 aliphatic heterocycles. The molecule has 0 saturated carbocycles. The number of nitrogens with one attached hydrogen (secondary N) is 1. The Hall–Kier alpha value is -0.480. The minimum Gasteiger partial charge on any atom is -0.440 e. The van der Waals surface area contributed by atoms with Gasteiger partial charge in [-0.05, 0) is 32.4 Å². The SMILES string of the molecule is CCCNCC(C)CSc1nc(C)co1. The zero-order valence-electron chi connectivity index (χ0n) is 9.75. The average molecular weight is 228 g/mol. The molecule has 86 valence electrons. The molecule has 0 amide bonds. The van der Waals surface area contributed by atoms with Crippen LogP contribution >= 0.6 is 11.8 Å². The maximum atomic E-state index is 5.27. The van der Waals surface area contributed by atoms with E-state index in [0.29, 0.717) is 5.92 Å². The lowest BCUT2D eigenvalue weighted by atomic mass is 10.2. The summed E-state index contributed by atoms with van der Waals surface area (Å²) in [6.45, 7) is 8.54.